The maximum Gasteiger partial charge on any atom is 0.252 e. The van der Waals surface area contributed by atoms with Crippen LogP contribution in [0.2, 0.25) is 5.02 Å². The van der Waals surface area contributed by atoms with Gasteiger partial charge in [-0.2, -0.15) is 4.31 Å². The van der Waals surface area contributed by atoms with E-state index in [0.29, 0.717) is 23.8 Å². The van der Waals surface area contributed by atoms with Crippen molar-refractivity contribution in [3.63, 3.8) is 0 Å². The first-order valence-electron chi connectivity index (χ1n) is 11.8. The van der Waals surface area contributed by atoms with Gasteiger partial charge in [-0.05, 0) is 54.1 Å². The highest BCUT2D eigenvalue weighted by Gasteiger charge is 2.41. The number of aliphatic hydroxyl groups excluding tert-OH is 2. The SMILES string of the molecule is O=S(=O)(c1cc2ccc(Cl)cc2s1)N1CC(CCO)N(c2ncc(-c3ccncc3)cn2)C(CCO)C1. The van der Waals surface area contributed by atoms with Crippen LogP contribution in [0.15, 0.2) is 65.4 Å². The molecule has 2 unspecified atom stereocenters. The van der Waals surface area contributed by atoms with Crippen molar-refractivity contribution in [3.8, 4) is 11.1 Å². The molecule has 4 aromatic rings. The van der Waals surface area contributed by atoms with E-state index in [0.717, 1.165) is 21.2 Å². The molecule has 37 heavy (non-hydrogen) atoms. The van der Waals surface area contributed by atoms with E-state index in [-0.39, 0.29) is 42.6 Å². The molecule has 2 atom stereocenters. The molecule has 4 heterocycles. The summed E-state index contributed by atoms with van der Waals surface area (Å²) >= 11 is 7.28. The van der Waals surface area contributed by atoms with E-state index < -0.39 is 10.0 Å². The van der Waals surface area contributed by atoms with E-state index in [4.69, 9.17) is 11.6 Å². The molecule has 194 valence electrons. The zero-order valence-corrected chi connectivity index (χ0v) is 22.2. The quantitative estimate of drug-likeness (QED) is 0.337. The van der Waals surface area contributed by atoms with E-state index in [2.05, 4.69) is 15.0 Å². The van der Waals surface area contributed by atoms with Gasteiger partial charge in [0.05, 0.1) is 0 Å². The van der Waals surface area contributed by atoms with Crippen LogP contribution in [0.1, 0.15) is 12.8 Å². The van der Waals surface area contributed by atoms with Gasteiger partial charge in [0, 0.05) is 78.5 Å². The number of pyridine rings is 1. The molecule has 0 amide bonds. The summed E-state index contributed by atoms with van der Waals surface area (Å²) in [6.45, 7) is 0.0688. The third-order valence-corrected chi connectivity index (χ3v) is 10.1. The number of fused-ring (bicyclic) bond motifs is 1. The largest absolute Gasteiger partial charge is 0.396 e. The zero-order chi connectivity index (χ0) is 26.0. The number of thiophene rings is 1. The first-order chi connectivity index (χ1) is 17.9. The number of nitrogens with zero attached hydrogens (tertiary/aromatic N) is 5. The third kappa shape index (κ3) is 5.33. The number of aliphatic hydroxyl groups is 2. The molecule has 9 nitrogen and oxygen atoms in total. The molecule has 12 heteroatoms. The second-order valence-corrected chi connectivity index (χ2v) is 12.5. The molecule has 3 aromatic heterocycles. The van der Waals surface area contributed by atoms with Crippen molar-refractivity contribution in [3.05, 3.63) is 66.2 Å². The highest BCUT2D eigenvalue weighted by molar-refractivity contribution is 7.91. The Bertz CT molecular complexity index is 1450. The summed E-state index contributed by atoms with van der Waals surface area (Å²) in [6, 6.07) is 9.96. The average Bonchev–Trinajstić information content (AvgIpc) is 3.34. The van der Waals surface area contributed by atoms with Crippen LogP contribution >= 0.6 is 22.9 Å². The van der Waals surface area contributed by atoms with Gasteiger partial charge in [0.25, 0.3) is 10.0 Å². The van der Waals surface area contributed by atoms with Crippen LogP contribution in [0, 0.1) is 0 Å². The molecule has 1 aromatic carbocycles. The Labute approximate surface area is 224 Å². The van der Waals surface area contributed by atoms with Crippen LogP contribution in [0.25, 0.3) is 21.2 Å². The molecule has 1 saturated heterocycles. The van der Waals surface area contributed by atoms with Crippen molar-refractivity contribution < 1.29 is 18.6 Å². The number of hydrogen-bond acceptors (Lipinski definition) is 9. The van der Waals surface area contributed by atoms with Crippen LogP contribution in [0.5, 0.6) is 0 Å². The number of benzene rings is 1. The van der Waals surface area contributed by atoms with Gasteiger partial charge in [-0.15, -0.1) is 11.3 Å². The summed E-state index contributed by atoms with van der Waals surface area (Å²) in [5.41, 5.74) is 1.76. The third-order valence-electron chi connectivity index (χ3n) is 6.48. The van der Waals surface area contributed by atoms with Gasteiger partial charge in [0.15, 0.2) is 0 Å². The fraction of sp³-hybridized carbons (Fsp3) is 0.320. The first kappa shape index (κ1) is 26.0. The molecule has 1 aliphatic heterocycles. The van der Waals surface area contributed by atoms with Crippen molar-refractivity contribution in [1.82, 2.24) is 19.3 Å². The van der Waals surface area contributed by atoms with Gasteiger partial charge in [-0.3, -0.25) is 4.98 Å². The second-order valence-electron chi connectivity index (χ2n) is 8.82. The Morgan fingerprint density at radius 2 is 1.59 bits per heavy atom. The lowest BCUT2D eigenvalue weighted by molar-refractivity contribution is 0.201. The van der Waals surface area contributed by atoms with Crippen LogP contribution in [-0.2, 0) is 10.0 Å². The fourth-order valence-corrected chi connectivity index (χ4v) is 8.03. The smallest absolute Gasteiger partial charge is 0.252 e. The second kappa shape index (κ2) is 11.0. The minimum atomic E-state index is -3.82. The summed E-state index contributed by atoms with van der Waals surface area (Å²) in [5.74, 6) is 0.434. The van der Waals surface area contributed by atoms with Gasteiger partial charge in [-0.1, -0.05) is 17.7 Å². The number of piperazine rings is 1. The molecule has 0 bridgehead atoms. The van der Waals surface area contributed by atoms with Crippen LogP contribution in [0.3, 0.4) is 0 Å². The summed E-state index contributed by atoms with van der Waals surface area (Å²) in [4.78, 5) is 15.1. The predicted molar refractivity (Wildman–Crippen MR) is 144 cm³/mol. The number of aromatic nitrogens is 3. The first-order valence-corrected chi connectivity index (χ1v) is 14.5. The summed E-state index contributed by atoms with van der Waals surface area (Å²) in [5, 5.41) is 21.0. The van der Waals surface area contributed by atoms with Gasteiger partial charge in [0.2, 0.25) is 5.95 Å². The van der Waals surface area contributed by atoms with Crippen LogP contribution < -0.4 is 4.90 Å². The zero-order valence-electron chi connectivity index (χ0n) is 19.8. The van der Waals surface area contributed by atoms with Gasteiger partial charge in [0.1, 0.15) is 4.21 Å². The number of sulfonamides is 1. The van der Waals surface area contributed by atoms with Crippen molar-refractivity contribution in [1.29, 1.82) is 0 Å². The van der Waals surface area contributed by atoms with Crippen molar-refractivity contribution in [2.75, 3.05) is 31.2 Å². The molecule has 0 saturated carbocycles. The highest BCUT2D eigenvalue weighted by Crippen LogP contribution is 2.35. The fourth-order valence-electron chi connectivity index (χ4n) is 4.68. The summed E-state index contributed by atoms with van der Waals surface area (Å²) in [6.07, 6.45) is 7.48. The molecule has 1 aliphatic rings. The number of anilines is 1. The van der Waals surface area contributed by atoms with Crippen molar-refractivity contribution in [2.45, 2.75) is 29.1 Å². The van der Waals surface area contributed by atoms with Gasteiger partial charge < -0.3 is 15.1 Å². The van der Waals surface area contributed by atoms with Crippen molar-refractivity contribution in [2.24, 2.45) is 0 Å². The molecule has 0 aliphatic carbocycles. The standard InChI is InChI=1S/C25H26ClN5O4S2/c26-20-2-1-18-11-24(36-23(18)12-20)37(34,35)30-15-21(5-9-32)31(22(16-30)6-10-33)25-28-13-19(14-29-25)17-3-7-27-8-4-17/h1-4,7-8,11-14,21-22,32-33H,5-6,9-10,15-16H2. The molecular formula is C25H26ClN5O4S2. The number of halogens is 1. The normalized spacial score (nSPS) is 18.9. The molecule has 2 N–H and O–H groups in total. The monoisotopic (exact) mass is 559 g/mol. The van der Waals surface area contributed by atoms with Crippen molar-refractivity contribution >= 4 is 49.0 Å². The van der Waals surface area contributed by atoms with E-state index in [1.807, 2.05) is 17.0 Å². The minimum absolute atomic E-state index is 0.128. The predicted octanol–water partition coefficient (Wildman–Crippen LogP) is 3.42. The van der Waals surface area contributed by atoms with E-state index in [1.165, 1.54) is 15.6 Å². The van der Waals surface area contributed by atoms with Crippen LogP contribution in [0.4, 0.5) is 5.95 Å². The topological polar surface area (TPSA) is 120 Å². The average molecular weight is 560 g/mol. The van der Waals surface area contributed by atoms with E-state index in [1.54, 1.807) is 49.1 Å². The van der Waals surface area contributed by atoms with E-state index >= 15 is 0 Å². The Kier molecular flexibility index (Phi) is 7.70. The lowest BCUT2D eigenvalue weighted by Crippen LogP contribution is -2.61. The lowest BCUT2D eigenvalue weighted by Gasteiger charge is -2.46. The number of rotatable bonds is 8. The highest BCUT2D eigenvalue weighted by atomic mass is 35.5. The Hall–Kier alpha value is -2.67. The van der Waals surface area contributed by atoms with E-state index in [9.17, 15) is 18.6 Å². The van der Waals surface area contributed by atoms with Crippen LogP contribution in [-0.4, -0.2) is 76.3 Å². The molecule has 0 spiro atoms. The molecule has 5 rings (SSSR count). The summed E-state index contributed by atoms with van der Waals surface area (Å²) in [7, 11) is -3.82. The lowest BCUT2D eigenvalue weighted by atomic mass is 10.0. The Balaban J connectivity index is 1.46. The maximum atomic E-state index is 13.7. The molecule has 0 radical (unpaired) electrons. The Morgan fingerprint density at radius 1 is 0.946 bits per heavy atom. The molecular weight excluding hydrogens is 534 g/mol. The maximum absolute atomic E-state index is 13.7. The van der Waals surface area contributed by atoms with Gasteiger partial charge >= 0.3 is 0 Å². The minimum Gasteiger partial charge on any atom is -0.396 e. The van der Waals surface area contributed by atoms with Gasteiger partial charge in [-0.25, -0.2) is 18.4 Å². The summed E-state index contributed by atoms with van der Waals surface area (Å²) < 4.78 is 29.9. The molecule has 1 fully saturated rings. The Morgan fingerprint density at radius 3 is 2.22 bits per heavy atom. The number of hydrogen-bond donors (Lipinski definition) is 2.